The molecule has 0 saturated carbocycles. The van der Waals surface area contributed by atoms with Gasteiger partial charge in [0.05, 0.1) is 32.9 Å². The second-order valence-corrected chi connectivity index (χ2v) is 2.67. The number of ether oxygens (including phenoxy) is 1. The number of hydrogen-bond donors (Lipinski definition) is 4. The second-order valence-electron chi connectivity index (χ2n) is 2.67. The number of aliphatic hydroxyl groups excluding tert-OH is 1. The summed E-state index contributed by atoms with van der Waals surface area (Å²) in [5.74, 6) is -0.675. The molecule has 0 heterocycles. The third kappa shape index (κ3) is 9.13. The molecule has 15 heavy (non-hydrogen) atoms. The molecule has 0 aromatic carbocycles. The lowest BCUT2D eigenvalue weighted by molar-refractivity contribution is -0.125. The molecule has 0 aromatic heterocycles. The monoisotopic (exact) mass is 219 g/mol. The van der Waals surface area contributed by atoms with E-state index in [-0.39, 0.29) is 38.1 Å². The molecular formula is C8H17N3O4. The molecule has 0 spiro atoms. The van der Waals surface area contributed by atoms with E-state index in [4.69, 9.17) is 15.6 Å². The predicted molar refractivity (Wildman–Crippen MR) is 53.0 cm³/mol. The molecule has 2 amide bonds. The number of aliphatic hydroxyl groups is 1. The number of nitrogens with two attached hydrogens (primary N) is 1. The standard InChI is InChI=1S/C8H17N3O4/c9-5-7(13)11-6-8(14)10-1-3-15-4-2-12/h12H,1-6,9H2,(H,10,14)(H,11,13). The van der Waals surface area contributed by atoms with Crippen molar-refractivity contribution in [1.82, 2.24) is 10.6 Å². The van der Waals surface area contributed by atoms with Gasteiger partial charge in [0, 0.05) is 6.54 Å². The summed E-state index contributed by atoms with van der Waals surface area (Å²) in [7, 11) is 0. The number of rotatable bonds is 8. The van der Waals surface area contributed by atoms with Crippen LogP contribution in [0.25, 0.3) is 0 Å². The van der Waals surface area contributed by atoms with Gasteiger partial charge in [-0.05, 0) is 0 Å². The average Bonchev–Trinajstić information content (AvgIpc) is 2.25. The number of amides is 2. The minimum absolute atomic E-state index is 0.0412. The van der Waals surface area contributed by atoms with Crippen LogP contribution in [-0.2, 0) is 14.3 Å². The highest BCUT2D eigenvalue weighted by Gasteiger charge is 2.02. The van der Waals surface area contributed by atoms with E-state index in [0.717, 1.165) is 0 Å². The zero-order valence-electron chi connectivity index (χ0n) is 8.49. The lowest BCUT2D eigenvalue weighted by Gasteiger charge is -2.06. The third-order valence-electron chi connectivity index (χ3n) is 1.44. The van der Waals surface area contributed by atoms with Crippen LogP contribution in [0.3, 0.4) is 0 Å². The van der Waals surface area contributed by atoms with Crippen molar-refractivity contribution in [2.24, 2.45) is 5.73 Å². The van der Waals surface area contributed by atoms with Crippen LogP contribution in [0.1, 0.15) is 0 Å². The van der Waals surface area contributed by atoms with Crippen LogP contribution >= 0.6 is 0 Å². The normalized spacial score (nSPS) is 9.73. The molecule has 0 radical (unpaired) electrons. The molecule has 7 heteroatoms. The Morgan fingerprint density at radius 3 is 2.53 bits per heavy atom. The number of carbonyl (C=O) groups excluding carboxylic acids is 2. The minimum atomic E-state index is -0.373. The van der Waals surface area contributed by atoms with Crippen molar-refractivity contribution in [1.29, 1.82) is 0 Å². The molecule has 0 aliphatic rings. The molecule has 7 nitrogen and oxygen atoms in total. The third-order valence-corrected chi connectivity index (χ3v) is 1.44. The molecule has 5 N–H and O–H groups in total. The number of nitrogens with one attached hydrogen (secondary N) is 2. The van der Waals surface area contributed by atoms with Crippen LogP contribution in [0.15, 0.2) is 0 Å². The Hall–Kier alpha value is -1.18. The molecule has 0 aliphatic heterocycles. The van der Waals surface area contributed by atoms with E-state index < -0.39 is 0 Å². The summed E-state index contributed by atoms with van der Waals surface area (Å²) < 4.78 is 4.91. The Morgan fingerprint density at radius 1 is 1.20 bits per heavy atom. The summed E-state index contributed by atoms with van der Waals surface area (Å²) in [5, 5.41) is 13.2. The molecule has 0 rings (SSSR count). The van der Waals surface area contributed by atoms with Gasteiger partial charge in [0.15, 0.2) is 0 Å². The Bertz CT molecular complexity index is 198. The average molecular weight is 219 g/mol. The molecule has 0 aliphatic carbocycles. The van der Waals surface area contributed by atoms with Gasteiger partial charge in [-0.15, -0.1) is 0 Å². The van der Waals surface area contributed by atoms with Crippen LogP contribution in [0, 0.1) is 0 Å². The summed E-state index contributed by atoms with van der Waals surface area (Å²) in [5.41, 5.74) is 5.03. The first-order chi connectivity index (χ1) is 7.20. The van der Waals surface area contributed by atoms with Gasteiger partial charge in [-0.3, -0.25) is 9.59 Å². The molecule has 88 valence electrons. The maximum Gasteiger partial charge on any atom is 0.239 e. The van der Waals surface area contributed by atoms with Crippen LogP contribution < -0.4 is 16.4 Å². The van der Waals surface area contributed by atoms with Crippen LogP contribution in [-0.4, -0.2) is 56.4 Å². The maximum atomic E-state index is 11.0. The highest BCUT2D eigenvalue weighted by Crippen LogP contribution is 1.72. The summed E-state index contributed by atoms with van der Waals surface area (Å²) >= 11 is 0. The molecular weight excluding hydrogens is 202 g/mol. The van der Waals surface area contributed by atoms with E-state index >= 15 is 0 Å². The van der Waals surface area contributed by atoms with Gasteiger partial charge < -0.3 is 26.2 Å². The fourth-order valence-electron chi connectivity index (χ4n) is 0.743. The SMILES string of the molecule is NCC(=O)NCC(=O)NCCOCCO. The van der Waals surface area contributed by atoms with Crippen molar-refractivity contribution in [2.45, 2.75) is 0 Å². The van der Waals surface area contributed by atoms with E-state index in [1.54, 1.807) is 0 Å². The molecule has 0 saturated heterocycles. The van der Waals surface area contributed by atoms with Crippen LogP contribution in [0.4, 0.5) is 0 Å². The highest BCUT2D eigenvalue weighted by atomic mass is 16.5. The van der Waals surface area contributed by atoms with Crippen LogP contribution in [0.5, 0.6) is 0 Å². The summed E-state index contributed by atoms with van der Waals surface area (Å²) in [4.78, 5) is 21.7. The van der Waals surface area contributed by atoms with Crippen molar-refractivity contribution in [2.75, 3.05) is 39.5 Å². The van der Waals surface area contributed by atoms with E-state index in [1.807, 2.05) is 0 Å². The first kappa shape index (κ1) is 13.8. The summed E-state index contributed by atoms with van der Waals surface area (Å²) in [6.45, 7) is 0.664. The highest BCUT2D eigenvalue weighted by molar-refractivity contribution is 5.85. The summed E-state index contributed by atoms with van der Waals surface area (Å²) in [6, 6.07) is 0. The van der Waals surface area contributed by atoms with Gasteiger partial charge >= 0.3 is 0 Å². The van der Waals surface area contributed by atoms with E-state index in [0.29, 0.717) is 13.2 Å². The quantitative estimate of drug-likeness (QED) is 0.329. The Balaban J connectivity index is 3.30. The fourth-order valence-corrected chi connectivity index (χ4v) is 0.743. The van der Waals surface area contributed by atoms with Gasteiger partial charge in [-0.2, -0.15) is 0 Å². The number of carbonyl (C=O) groups is 2. The molecule has 0 atom stereocenters. The smallest absolute Gasteiger partial charge is 0.239 e. The van der Waals surface area contributed by atoms with Crippen molar-refractivity contribution in [3.8, 4) is 0 Å². The van der Waals surface area contributed by atoms with Gasteiger partial charge in [0.25, 0.3) is 0 Å². The van der Waals surface area contributed by atoms with Gasteiger partial charge in [-0.1, -0.05) is 0 Å². The first-order valence-electron chi connectivity index (χ1n) is 4.62. The van der Waals surface area contributed by atoms with Gasteiger partial charge in [0.2, 0.25) is 11.8 Å². The number of hydrogen-bond acceptors (Lipinski definition) is 5. The maximum absolute atomic E-state index is 11.0. The zero-order chi connectivity index (χ0) is 11.5. The van der Waals surface area contributed by atoms with Gasteiger partial charge in [-0.25, -0.2) is 0 Å². The zero-order valence-corrected chi connectivity index (χ0v) is 8.49. The second kappa shape index (κ2) is 9.38. The fraction of sp³-hybridized carbons (Fsp3) is 0.750. The topological polar surface area (TPSA) is 114 Å². The van der Waals surface area contributed by atoms with E-state index in [9.17, 15) is 9.59 Å². The molecule has 0 bridgehead atoms. The van der Waals surface area contributed by atoms with Crippen molar-refractivity contribution < 1.29 is 19.4 Å². The Labute approximate surface area is 88.0 Å². The summed E-state index contributed by atoms with van der Waals surface area (Å²) in [6.07, 6.45) is 0. The lowest BCUT2D eigenvalue weighted by Crippen LogP contribution is -2.40. The minimum Gasteiger partial charge on any atom is -0.394 e. The van der Waals surface area contributed by atoms with Crippen molar-refractivity contribution in [3.05, 3.63) is 0 Å². The van der Waals surface area contributed by atoms with Crippen LogP contribution in [0.2, 0.25) is 0 Å². The van der Waals surface area contributed by atoms with Crippen molar-refractivity contribution in [3.63, 3.8) is 0 Å². The molecule has 0 fully saturated rings. The Kier molecular flexibility index (Phi) is 8.64. The Morgan fingerprint density at radius 2 is 1.93 bits per heavy atom. The largest absolute Gasteiger partial charge is 0.394 e. The van der Waals surface area contributed by atoms with Crippen molar-refractivity contribution >= 4 is 11.8 Å². The lowest BCUT2D eigenvalue weighted by atomic mass is 10.5. The van der Waals surface area contributed by atoms with E-state index in [2.05, 4.69) is 10.6 Å². The predicted octanol–water partition coefficient (Wildman–Crippen LogP) is -2.81. The first-order valence-corrected chi connectivity index (χ1v) is 4.62. The molecule has 0 aromatic rings. The van der Waals surface area contributed by atoms with E-state index in [1.165, 1.54) is 0 Å². The molecule has 0 unspecified atom stereocenters. The van der Waals surface area contributed by atoms with Gasteiger partial charge in [0.1, 0.15) is 0 Å².